The lowest BCUT2D eigenvalue weighted by Gasteiger charge is -2.15. The van der Waals surface area contributed by atoms with Gasteiger partial charge in [-0.3, -0.25) is 4.79 Å². The van der Waals surface area contributed by atoms with Gasteiger partial charge < -0.3 is 16.4 Å². The third kappa shape index (κ3) is 3.83. The maximum absolute atomic E-state index is 12.7. The predicted molar refractivity (Wildman–Crippen MR) is 63.0 cm³/mol. The highest BCUT2D eigenvalue weighted by Crippen LogP contribution is 2.35. The molecule has 0 unspecified atom stereocenters. The highest BCUT2D eigenvalue weighted by atomic mass is 19.4. The smallest absolute Gasteiger partial charge is 0.399 e. The van der Waals surface area contributed by atoms with Crippen molar-refractivity contribution in [2.24, 2.45) is 0 Å². The molecule has 0 bridgehead atoms. The van der Waals surface area contributed by atoms with Gasteiger partial charge in [-0.05, 0) is 18.2 Å². The number of benzene rings is 1. The van der Waals surface area contributed by atoms with E-state index >= 15 is 0 Å². The quantitative estimate of drug-likeness (QED) is 0.724. The number of hydrogen-bond acceptors (Lipinski definition) is 3. The Kier molecular flexibility index (Phi) is 4.41. The largest absolute Gasteiger partial charge is 0.418 e. The minimum Gasteiger partial charge on any atom is -0.399 e. The number of amides is 1. The maximum atomic E-state index is 12.7. The molecule has 0 aromatic heterocycles. The Labute approximate surface area is 102 Å². The summed E-state index contributed by atoms with van der Waals surface area (Å²) in [6.45, 7) is 0.118. The van der Waals surface area contributed by atoms with Crippen molar-refractivity contribution in [1.29, 1.82) is 0 Å². The zero-order valence-electron chi connectivity index (χ0n) is 9.77. The van der Waals surface area contributed by atoms with Crippen molar-refractivity contribution in [3.05, 3.63) is 23.8 Å². The SMILES string of the molecule is CNC(=O)CCNc1ccc(N)cc1C(F)(F)F. The van der Waals surface area contributed by atoms with Gasteiger partial charge in [-0.2, -0.15) is 13.2 Å². The monoisotopic (exact) mass is 261 g/mol. The molecule has 0 spiro atoms. The highest BCUT2D eigenvalue weighted by Gasteiger charge is 2.33. The van der Waals surface area contributed by atoms with Crippen LogP contribution in [0.4, 0.5) is 24.5 Å². The van der Waals surface area contributed by atoms with Gasteiger partial charge >= 0.3 is 6.18 Å². The van der Waals surface area contributed by atoms with Crippen LogP contribution in [0.2, 0.25) is 0 Å². The number of anilines is 2. The molecule has 7 heteroatoms. The minimum absolute atomic E-state index is 0.0409. The second-order valence-electron chi connectivity index (χ2n) is 3.65. The van der Waals surface area contributed by atoms with E-state index in [1.54, 1.807) is 0 Å². The number of alkyl halides is 3. The standard InChI is InChI=1S/C11H14F3N3O/c1-16-10(18)4-5-17-9-3-2-7(15)6-8(9)11(12,13)14/h2-3,6,17H,4-5,15H2,1H3,(H,16,18). The van der Waals surface area contributed by atoms with Crippen LogP contribution in [-0.4, -0.2) is 19.5 Å². The number of nitrogens with one attached hydrogen (secondary N) is 2. The lowest BCUT2D eigenvalue weighted by molar-refractivity contribution is -0.136. The van der Waals surface area contributed by atoms with Gasteiger partial charge in [-0.25, -0.2) is 0 Å². The molecule has 0 aliphatic heterocycles. The van der Waals surface area contributed by atoms with Crippen LogP contribution in [0, 0.1) is 0 Å². The molecule has 100 valence electrons. The van der Waals surface area contributed by atoms with Crippen molar-refractivity contribution in [1.82, 2.24) is 5.32 Å². The molecule has 0 saturated heterocycles. The molecule has 0 aliphatic carbocycles. The summed E-state index contributed by atoms with van der Waals surface area (Å²) >= 11 is 0. The van der Waals surface area contributed by atoms with E-state index in [4.69, 9.17) is 5.73 Å². The summed E-state index contributed by atoms with van der Waals surface area (Å²) in [7, 11) is 1.46. The average Bonchev–Trinajstić information content (AvgIpc) is 2.29. The van der Waals surface area contributed by atoms with Gasteiger partial charge in [0, 0.05) is 31.4 Å². The summed E-state index contributed by atoms with van der Waals surface area (Å²) < 4.78 is 38.1. The first kappa shape index (κ1) is 14.1. The minimum atomic E-state index is -4.48. The normalized spacial score (nSPS) is 11.1. The third-order valence-corrected chi connectivity index (χ3v) is 2.30. The number of nitrogens with two attached hydrogens (primary N) is 1. The van der Waals surface area contributed by atoms with Crippen LogP contribution < -0.4 is 16.4 Å². The van der Waals surface area contributed by atoms with Gasteiger partial charge in [-0.1, -0.05) is 0 Å². The topological polar surface area (TPSA) is 67.2 Å². The fourth-order valence-corrected chi connectivity index (χ4v) is 1.39. The number of carbonyl (C=O) groups excluding carboxylic acids is 1. The lowest BCUT2D eigenvalue weighted by Crippen LogP contribution is -2.21. The van der Waals surface area contributed by atoms with Gasteiger partial charge in [0.15, 0.2) is 0 Å². The Morgan fingerprint density at radius 3 is 2.61 bits per heavy atom. The van der Waals surface area contributed by atoms with Crippen LogP contribution in [0.1, 0.15) is 12.0 Å². The second-order valence-corrected chi connectivity index (χ2v) is 3.65. The van der Waals surface area contributed by atoms with Crippen molar-refractivity contribution >= 4 is 17.3 Å². The second kappa shape index (κ2) is 5.61. The van der Waals surface area contributed by atoms with Crippen LogP contribution in [-0.2, 0) is 11.0 Å². The number of carbonyl (C=O) groups is 1. The molecule has 1 aromatic rings. The predicted octanol–water partition coefficient (Wildman–Crippen LogP) is 1.84. The first-order valence-corrected chi connectivity index (χ1v) is 5.25. The summed E-state index contributed by atoms with van der Waals surface area (Å²) in [5.41, 5.74) is 4.45. The van der Waals surface area contributed by atoms with E-state index in [1.165, 1.54) is 19.2 Å². The molecular formula is C11H14F3N3O. The van der Waals surface area contributed by atoms with E-state index in [2.05, 4.69) is 10.6 Å². The van der Waals surface area contributed by atoms with E-state index in [0.29, 0.717) is 0 Å². The van der Waals surface area contributed by atoms with Crippen molar-refractivity contribution < 1.29 is 18.0 Å². The Morgan fingerprint density at radius 1 is 1.39 bits per heavy atom. The molecule has 0 radical (unpaired) electrons. The lowest BCUT2D eigenvalue weighted by atomic mass is 10.1. The van der Waals surface area contributed by atoms with Gasteiger partial charge in [0.1, 0.15) is 0 Å². The van der Waals surface area contributed by atoms with Gasteiger partial charge in [-0.15, -0.1) is 0 Å². The summed E-state index contributed by atoms with van der Waals surface area (Å²) in [5.74, 6) is -0.244. The summed E-state index contributed by atoms with van der Waals surface area (Å²) in [5, 5.41) is 4.96. The van der Waals surface area contributed by atoms with E-state index in [0.717, 1.165) is 6.07 Å². The Bertz CT molecular complexity index is 432. The Hall–Kier alpha value is -1.92. The summed E-state index contributed by atoms with van der Waals surface area (Å²) in [6, 6.07) is 3.49. The molecule has 0 fully saturated rings. The van der Waals surface area contributed by atoms with Crippen molar-refractivity contribution in [3.63, 3.8) is 0 Å². The van der Waals surface area contributed by atoms with Crippen LogP contribution in [0.25, 0.3) is 0 Å². The maximum Gasteiger partial charge on any atom is 0.418 e. The van der Waals surface area contributed by atoms with Crippen LogP contribution >= 0.6 is 0 Å². The average molecular weight is 261 g/mol. The molecule has 0 aliphatic rings. The molecular weight excluding hydrogens is 247 g/mol. The number of hydrogen-bond donors (Lipinski definition) is 3. The summed E-state index contributed by atoms with van der Waals surface area (Å²) in [4.78, 5) is 10.9. The molecule has 4 N–H and O–H groups in total. The Morgan fingerprint density at radius 2 is 2.06 bits per heavy atom. The fraction of sp³-hybridized carbons (Fsp3) is 0.364. The van der Waals surface area contributed by atoms with E-state index in [1.807, 2.05) is 0 Å². The van der Waals surface area contributed by atoms with Crippen LogP contribution in [0.5, 0.6) is 0 Å². The van der Waals surface area contributed by atoms with E-state index in [9.17, 15) is 18.0 Å². The number of nitrogen functional groups attached to an aromatic ring is 1. The first-order valence-electron chi connectivity index (χ1n) is 5.25. The van der Waals surface area contributed by atoms with Gasteiger partial charge in [0.2, 0.25) is 5.91 Å². The number of halogens is 3. The molecule has 0 atom stereocenters. The van der Waals surface area contributed by atoms with Gasteiger partial charge in [0.25, 0.3) is 0 Å². The first-order chi connectivity index (χ1) is 8.34. The molecule has 18 heavy (non-hydrogen) atoms. The van der Waals surface area contributed by atoms with Crippen molar-refractivity contribution in [2.75, 3.05) is 24.6 Å². The van der Waals surface area contributed by atoms with Crippen LogP contribution in [0.3, 0.4) is 0 Å². The van der Waals surface area contributed by atoms with Gasteiger partial charge in [0.05, 0.1) is 5.56 Å². The third-order valence-electron chi connectivity index (χ3n) is 2.30. The van der Waals surface area contributed by atoms with Crippen LogP contribution in [0.15, 0.2) is 18.2 Å². The molecule has 1 aromatic carbocycles. The molecule has 0 heterocycles. The van der Waals surface area contributed by atoms with Crippen molar-refractivity contribution in [3.8, 4) is 0 Å². The van der Waals surface area contributed by atoms with E-state index in [-0.39, 0.29) is 30.2 Å². The Balaban J connectivity index is 2.79. The highest BCUT2D eigenvalue weighted by molar-refractivity contribution is 5.76. The zero-order valence-corrected chi connectivity index (χ0v) is 9.77. The van der Waals surface area contributed by atoms with Crippen molar-refractivity contribution in [2.45, 2.75) is 12.6 Å². The molecule has 1 amide bonds. The number of rotatable bonds is 4. The van der Waals surface area contributed by atoms with E-state index < -0.39 is 11.7 Å². The molecule has 1 rings (SSSR count). The molecule has 4 nitrogen and oxygen atoms in total. The molecule has 0 saturated carbocycles. The summed E-state index contributed by atoms with van der Waals surface area (Å²) in [6.07, 6.45) is -4.39. The zero-order chi connectivity index (χ0) is 13.8. The fourth-order valence-electron chi connectivity index (χ4n) is 1.39.